The van der Waals surface area contributed by atoms with E-state index in [4.69, 9.17) is 16.3 Å². The molecule has 1 N–H and O–H groups in total. The second-order valence-corrected chi connectivity index (χ2v) is 8.26. The van der Waals surface area contributed by atoms with Gasteiger partial charge in [-0.3, -0.25) is 0 Å². The van der Waals surface area contributed by atoms with Crippen molar-refractivity contribution in [3.63, 3.8) is 0 Å². The van der Waals surface area contributed by atoms with Gasteiger partial charge in [0.05, 0.1) is 40.6 Å². The molecule has 1 aliphatic rings. The predicted molar refractivity (Wildman–Crippen MR) is 114 cm³/mol. The van der Waals surface area contributed by atoms with Crippen LogP contribution < -0.4 is 5.32 Å². The van der Waals surface area contributed by atoms with Crippen molar-refractivity contribution in [2.24, 2.45) is 5.92 Å². The van der Waals surface area contributed by atoms with Crippen molar-refractivity contribution in [1.29, 1.82) is 0 Å². The fourth-order valence-corrected chi connectivity index (χ4v) is 3.63. The zero-order valence-electron chi connectivity index (χ0n) is 14.7. The van der Waals surface area contributed by atoms with E-state index in [0.717, 1.165) is 16.4 Å². The lowest BCUT2D eigenvalue weighted by molar-refractivity contribution is 0.0487. The van der Waals surface area contributed by atoms with Crippen LogP contribution >= 0.6 is 34.2 Å². The van der Waals surface area contributed by atoms with Crippen LogP contribution in [0.3, 0.4) is 0 Å². The molecule has 0 bridgehead atoms. The third kappa shape index (κ3) is 4.30. The van der Waals surface area contributed by atoms with E-state index in [1.54, 1.807) is 24.5 Å². The van der Waals surface area contributed by atoms with Crippen LogP contribution in [0.4, 0.5) is 15.8 Å². The fourth-order valence-electron chi connectivity index (χ4n) is 2.73. The van der Waals surface area contributed by atoms with Crippen LogP contribution in [0, 0.1) is 15.3 Å². The molecule has 1 saturated carbocycles. The molecule has 3 aromatic rings. The molecule has 4 rings (SSSR count). The van der Waals surface area contributed by atoms with E-state index in [-0.39, 0.29) is 11.3 Å². The quantitative estimate of drug-likeness (QED) is 0.347. The third-order valence-corrected chi connectivity index (χ3v) is 5.42. The van der Waals surface area contributed by atoms with Crippen LogP contribution in [-0.2, 0) is 4.74 Å². The van der Waals surface area contributed by atoms with E-state index in [9.17, 15) is 9.18 Å². The fraction of sp³-hybridized carbons (Fsp3) is 0.200. The summed E-state index contributed by atoms with van der Waals surface area (Å²) in [5.74, 6) is -0.571. The van der Waals surface area contributed by atoms with Crippen molar-refractivity contribution in [1.82, 2.24) is 9.55 Å². The van der Waals surface area contributed by atoms with E-state index in [1.165, 1.54) is 23.0 Å². The van der Waals surface area contributed by atoms with Crippen LogP contribution in [0.1, 0.15) is 23.2 Å². The molecule has 0 saturated heterocycles. The second kappa shape index (κ2) is 8.08. The van der Waals surface area contributed by atoms with Crippen molar-refractivity contribution >= 4 is 51.5 Å². The summed E-state index contributed by atoms with van der Waals surface area (Å²) in [7, 11) is 0. The molecule has 28 heavy (non-hydrogen) atoms. The van der Waals surface area contributed by atoms with Crippen molar-refractivity contribution in [3.05, 3.63) is 69.0 Å². The Morgan fingerprint density at radius 3 is 2.82 bits per heavy atom. The van der Waals surface area contributed by atoms with Gasteiger partial charge >= 0.3 is 5.97 Å². The monoisotopic (exact) mass is 511 g/mol. The van der Waals surface area contributed by atoms with Gasteiger partial charge < -0.3 is 14.6 Å². The van der Waals surface area contributed by atoms with E-state index in [1.807, 2.05) is 6.07 Å². The molecule has 1 aromatic heterocycles. The molecular formula is C20H16ClFIN3O2. The standard InChI is InChI=1S/C20H16ClFIN3O2/c21-15-7-13(23)3-4-17(15)25-18-9-16(22)19(26-6-5-24-11-26)8-14(18)20(27)28-10-12-1-2-12/h3-9,11-12,25H,1-2,10H2. The average Bonchev–Trinajstić information content (AvgIpc) is 3.34. The Balaban J connectivity index is 1.72. The summed E-state index contributed by atoms with van der Waals surface area (Å²) < 4.78 is 22.7. The lowest BCUT2D eigenvalue weighted by atomic mass is 10.1. The summed E-state index contributed by atoms with van der Waals surface area (Å²) in [6.45, 7) is 0.375. The summed E-state index contributed by atoms with van der Waals surface area (Å²) in [6, 6.07) is 8.18. The molecule has 0 unspecified atom stereocenters. The van der Waals surface area contributed by atoms with Crippen molar-refractivity contribution in [2.75, 3.05) is 11.9 Å². The number of nitrogens with zero attached hydrogens (tertiary/aromatic N) is 2. The average molecular weight is 512 g/mol. The number of anilines is 2. The number of rotatable bonds is 6. The zero-order chi connectivity index (χ0) is 19.7. The maximum atomic E-state index is 14.8. The van der Waals surface area contributed by atoms with Gasteiger partial charge in [-0.2, -0.15) is 0 Å². The Hall–Kier alpha value is -2.13. The number of imidazole rings is 1. The largest absolute Gasteiger partial charge is 0.462 e. The van der Waals surface area contributed by atoms with E-state index >= 15 is 0 Å². The predicted octanol–water partition coefficient (Wildman–Crippen LogP) is 5.58. The lowest BCUT2D eigenvalue weighted by Crippen LogP contribution is -2.12. The summed E-state index contributed by atoms with van der Waals surface area (Å²) in [5.41, 5.74) is 1.33. The molecule has 0 amide bonds. The Bertz CT molecular complexity index is 1020. The molecule has 2 aromatic carbocycles. The van der Waals surface area contributed by atoms with Crippen molar-refractivity contribution in [3.8, 4) is 5.69 Å². The van der Waals surface area contributed by atoms with Gasteiger partial charge in [-0.25, -0.2) is 14.2 Å². The van der Waals surface area contributed by atoms with Crippen LogP contribution in [0.25, 0.3) is 5.69 Å². The van der Waals surface area contributed by atoms with E-state index < -0.39 is 11.8 Å². The van der Waals surface area contributed by atoms with Gasteiger partial charge in [0.25, 0.3) is 0 Å². The number of carbonyl (C=O) groups is 1. The number of hydrogen-bond acceptors (Lipinski definition) is 4. The van der Waals surface area contributed by atoms with Gasteiger partial charge in [0.2, 0.25) is 0 Å². The van der Waals surface area contributed by atoms with Gasteiger partial charge in [-0.15, -0.1) is 0 Å². The van der Waals surface area contributed by atoms with Crippen molar-refractivity contribution < 1.29 is 13.9 Å². The first-order chi connectivity index (χ1) is 13.5. The Morgan fingerprint density at radius 2 is 2.14 bits per heavy atom. The number of halogens is 3. The van der Waals surface area contributed by atoms with Gasteiger partial charge in [0.1, 0.15) is 5.82 Å². The summed E-state index contributed by atoms with van der Waals surface area (Å²) in [6.07, 6.45) is 6.77. The van der Waals surface area contributed by atoms with E-state index in [0.29, 0.717) is 28.9 Å². The maximum Gasteiger partial charge on any atom is 0.340 e. The molecule has 0 atom stereocenters. The van der Waals surface area contributed by atoms with Gasteiger partial charge in [-0.05, 0) is 65.6 Å². The first kappa shape index (κ1) is 19.2. The van der Waals surface area contributed by atoms with Crippen LogP contribution in [0.5, 0.6) is 0 Å². The highest BCUT2D eigenvalue weighted by Gasteiger charge is 2.25. The van der Waals surface area contributed by atoms with Crippen LogP contribution in [-0.4, -0.2) is 22.1 Å². The minimum absolute atomic E-state index is 0.218. The number of esters is 1. The Kier molecular flexibility index (Phi) is 5.54. The van der Waals surface area contributed by atoms with Gasteiger partial charge in [-0.1, -0.05) is 11.6 Å². The van der Waals surface area contributed by atoms with Gasteiger partial charge in [0.15, 0.2) is 0 Å². The van der Waals surface area contributed by atoms with Crippen LogP contribution in [0.2, 0.25) is 5.02 Å². The number of carbonyl (C=O) groups excluding carboxylic acids is 1. The third-order valence-electron chi connectivity index (χ3n) is 4.44. The summed E-state index contributed by atoms with van der Waals surface area (Å²) in [5, 5.41) is 3.54. The number of ether oxygens (including phenoxy) is 1. The summed E-state index contributed by atoms with van der Waals surface area (Å²) >= 11 is 8.44. The molecule has 5 nitrogen and oxygen atoms in total. The van der Waals surface area contributed by atoms with Crippen molar-refractivity contribution in [2.45, 2.75) is 12.8 Å². The lowest BCUT2D eigenvalue weighted by Gasteiger charge is -2.16. The highest BCUT2D eigenvalue weighted by molar-refractivity contribution is 14.1. The highest BCUT2D eigenvalue weighted by atomic mass is 127. The van der Waals surface area contributed by atoms with Crippen LogP contribution in [0.15, 0.2) is 49.1 Å². The number of benzene rings is 2. The molecule has 0 spiro atoms. The maximum absolute atomic E-state index is 14.8. The molecule has 8 heteroatoms. The summed E-state index contributed by atoms with van der Waals surface area (Å²) in [4.78, 5) is 16.7. The number of hydrogen-bond donors (Lipinski definition) is 1. The Morgan fingerprint density at radius 1 is 1.32 bits per heavy atom. The molecule has 1 heterocycles. The molecule has 0 aliphatic heterocycles. The minimum Gasteiger partial charge on any atom is -0.462 e. The molecule has 0 radical (unpaired) electrons. The molecule has 1 aliphatic carbocycles. The number of aromatic nitrogens is 2. The SMILES string of the molecule is O=C(OCC1CC1)c1cc(-n2ccnc2)c(F)cc1Nc1ccc(I)cc1Cl. The highest BCUT2D eigenvalue weighted by Crippen LogP contribution is 2.33. The second-order valence-electron chi connectivity index (χ2n) is 6.61. The smallest absolute Gasteiger partial charge is 0.340 e. The first-order valence-electron chi connectivity index (χ1n) is 8.72. The topological polar surface area (TPSA) is 56.2 Å². The minimum atomic E-state index is -0.502. The van der Waals surface area contributed by atoms with E-state index in [2.05, 4.69) is 32.9 Å². The normalized spacial score (nSPS) is 13.4. The molecular weight excluding hydrogens is 496 g/mol. The van der Waals surface area contributed by atoms with Gasteiger partial charge in [0, 0.05) is 22.0 Å². The molecule has 1 fully saturated rings. The first-order valence-corrected chi connectivity index (χ1v) is 10.2. The number of nitrogens with one attached hydrogen (secondary N) is 1. The zero-order valence-corrected chi connectivity index (χ0v) is 17.6. The molecule has 144 valence electrons. The Labute approximate surface area is 180 Å².